The monoisotopic (exact) mass is 677 g/mol. The number of benzene rings is 1. The Hall–Kier alpha value is -3.18. The van der Waals surface area contributed by atoms with E-state index in [0.29, 0.717) is 26.2 Å². The minimum atomic E-state index is -0.995. The van der Waals surface area contributed by atoms with E-state index in [2.05, 4.69) is 35.3 Å². The molecule has 1 aromatic carbocycles. The van der Waals surface area contributed by atoms with E-state index in [1.807, 2.05) is 37.0 Å². The number of hydrogen-bond acceptors (Lipinski definition) is 10. The molecule has 9 nitrogen and oxygen atoms in total. The summed E-state index contributed by atoms with van der Waals surface area (Å²) in [5.41, 5.74) is 4.11. The van der Waals surface area contributed by atoms with Crippen molar-refractivity contribution < 1.29 is 29.3 Å². The Bertz CT molecular complexity index is 1400. The van der Waals surface area contributed by atoms with Gasteiger partial charge < -0.3 is 29.3 Å². The fraction of sp³-hybridized carbons (Fsp3) is 0.553. The Balaban J connectivity index is 1.66. The molecule has 0 amide bonds. The fourth-order valence-electron chi connectivity index (χ4n) is 7.63. The van der Waals surface area contributed by atoms with Crippen molar-refractivity contribution in [1.29, 1.82) is 0 Å². The van der Waals surface area contributed by atoms with Gasteiger partial charge in [0.15, 0.2) is 0 Å². The van der Waals surface area contributed by atoms with Crippen LogP contribution in [-0.4, -0.2) is 75.7 Å². The molecule has 48 heavy (non-hydrogen) atoms. The summed E-state index contributed by atoms with van der Waals surface area (Å²) in [5.74, 6) is 1.71. The van der Waals surface area contributed by atoms with Gasteiger partial charge in [-0.05, 0) is 74.0 Å². The van der Waals surface area contributed by atoms with Gasteiger partial charge in [-0.2, -0.15) is 11.8 Å². The summed E-state index contributed by atoms with van der Waals surface area (Å²) in [4.78, 5) is 14.5. The molecule has 1 fully saturated rings. The lowest BCUT2D eigenvalue weighted by atomic mass is 9.56. The Kier molecular flexibility index (Phi) is 13.5. The molecule has 2 aliphatic carbocycles. The number of ether oxygens (including phenoxy) is 3. The van der Waals surface area contributed by atoms with Crippen LogP contribution in [-0.2, 0) is 16.0 Å². The maximum Gasteiger partial charge on any atom is 0.230 e. The number of aliphatic hydroxyl groups is 2. The highest BCUT2D eigenvalue weighted by molar-refractivity contribution is 8.00. The van der Waals surface area contributed by atoms with Crippen molar-refractivity contribution in [2.75, 3.05) is 38.8 Å². The van der Waals surface area contributed by atoms with Gasteiger partial charge in [-0.15, -0.1) is 6.58 Å². The highest BCUT2D eigenvalue weighted by Crippen LogP contribution is 2.62. The van der Waals surface area contributed by atoms with Gasteiger partial charge in [-0.3, -0.25) is 9.97 Å². The van der Waals surface area contributed by atoms with Crippen LogP contribution < -0.4 is 9.47 Å². The first-order chi connectivity index (χ1) is 23.6. The van der Waals surface area contributed by atoms with E-state index in [4.69, 9.17) is 24.2 Å². The van der Waals surface area contributed by atoms with E-state index < -0.39 is 5.79 Å². The minimum Gasteiger partial charge on any atom is -0.490 e. The molecule has 6 atom stereocenters. The van der Waals surface area contributed by atoms with Crippen molar-refractivity contribution in [2.24, 2.45) is 22.9 Å². The number of hydrogen-bond donors (Lipinski definition) is 2. The van der Waals surface area contributed by atoms with E-state index in [1.54, 1.807) is 24.5 Å². The van der Waals surface area contributed by atoms with Crippen molar-refractivity contribution in [3.8, 4) is 11.5 Å². The van der Waals surface area contributed by atoms with Gasteiger partial charge in [0.25, 0.3) is 0 Å². The molecule has 1 aromatic heterocycles. The third kappa shape index (κ3) is 8.16. The van der Waals surface area contributed by atoms with Crippen LogP contribution >= 0.6 is 11.8 Å². The van der Waals surface area contributed by atoms with Crippen molar-refractivity contribution in [3.05, 3.63) is 85.0 Å². The molecule has 0 radical (unpaired) electrons. The smallest absolute Gasteiger partial charge is 0.230 e. The predicted molar refractivity (Wildman–Crippen MR) is 190 cm³/mol. The maximum atomic E-state index is 9.78. The number of nitrogens with zero attached hydrogens (tertiary/aromatic N) is 3. The average Bonchev–Trinajstić information content (AvgIpc) is 3.11. The molecular weight excluding hydrogens is 627 g/mol. The number of allylic oxidation sites excluding steroid dienone is 1. The second-order valence-electron chi connectivity index (χ2n) is 12.6. The molecular formula is C38H51N3O6S. The van der Waals surface area contributed by atoms with Gasteiger partial charge in [0.05, 0.1) is 29.2 Å². The first-order valence-electron chi connectivity index (χ1n) is 17.4. The lowest BCUT2D eigenvalue weighted by Gasteiger charge is -2.58. The molecule has 1 saturated carbocycles. The summed E-state index contributed by atoms with van der Waals surface area (Å²) in [6.45, 7) is 11.3. The molecule has 260 valence electrons. The van der Waals surface area contributed by atoms with Crippen LogP contribution in [0.5, 0.6) is 11.5 Å². The quantitative estimate of drug-likeness (QED) is 0.0901. The molecule has 10 heteroatoms. The summed E-state index contributed by atoms with van der Waals surface area (Å²) in [5, 5.41) is 24.1. The van der Waals surface area contributed by atoms with Crippen LogP contribution in [0, 0.1) is 17.8 Å². The molecule has 0 spiro atoms. The lowest BCUT2D eigenvalue weighted by Crippen LogP contribution is -2.64. The number of aliphatic hydroxyl groups excluding tert-OH is 2. The first-order valence-corrected chi connectivity index (χ1v) is 18.5. The third-order valence-corrected chi connectivity index (χ3v) is 10.9. The molecule has 5 rings (SSSR count). The van der Waals surface area contributed by atoms with Crippen molar-refractivity contribution in [2.45, 2.75) is 75.2 Å². The average molecular weight is 678 g/mol. The molecule has 0 bridgehead atoms. The van der Waals surface area contributed by atoms with Gasteiger partial charge in [0.2, 0.25) is 5.79 Å². The largest absolute Gasteiger partial charge is 0.490 e. The summed E-state index contributed by atoms with van der Waals surface area (Å²) in [6.07, 6.45) is 17.8. The Morgan fingerprint density at radius 1 is 1.08 bits per heavy atom. The second kappa shape index (κ2) is 18.0. The summed E-state index contributed by atoms with van der Waals surface area (Å²) in [7, 11) is 0. The number of oxime groups is 1. The minimum absolute atomic E-state index is 0.0267. The zero-order valence-corrected chi connectivity index (χ0v) is 29.0. The van der Waals surface area contributed by atoms with E-state index in [9.17, 15) is 10.2 Å². The van der Waals surface area contributed by atoms with Crippen LogP contribution in [0.25, 0.3) is 0 Å². The number of thioether (sulfide) groups is 1. The second-order valence-corrected chi connectivity index (χ2v) is 13.9. The van der Waals surface area contributed by atoms with Gasteiger partial charge in [0.1, 0.15) is 24.7 Å². The number of fused-ring (bicyclic) bond motifs is 2. The molecule has 0 saturated heterocycles. The van der Waals surface area contributed by atoms with Gasteiger partial charge in [-0.25, -0.2) is 0 Å². The lowest BCUT2D eigenvalue weighted by molar-refractivity contribution is -0.223. The number of rotatable bonds is 20. The topological polar surface area (TPSA) is 116 Å². The van der Waals surface area contributed by atoms with E-state index in [1.165, 1.54) is 0 Å². The molecule has 0 unspecified atom stereocenters. The fourth-order valence-corrected chi connectivity index (χ4v) is 9.01. The van der Waals surface area contributed by atoms with Crippen molar-refractivity contribution in [3.63, 3.8) is 0 Å². The normalized spacial score (nSPS) is 26.5. The van der Waals surface area contributed by atoms with Crippen LogP contribution in [0.1, 0.15) is 69.0 Å². The number of aryl methyl sites for hydroxylation is 1. The molecule has 2 aromatic rings. The van der Waals surface area contributed by atoms with Crippen LogP contribution in [0.2, 0.25) is 0 Å². The SMILES string of the molecule is C=CCOc1ccc2c(c1)[C@H]1[C@H](CCCCO)[C@@H](CCCCO)C=C3C(=NOCC)C[C@H](SCCc4cnccn4)[C@@](OCC=C)(O2)[C@H]31. The molecule has 3 aliphatic rings. The van der Waals surface area contributed by atoms with Crippen molar-refractivity contribution >= 4 is 17.5 Å². The van der Waals surface area contributed by atoms with Crippen LogP contribution in [0.4, 0.5) is 0 Å². The Labute approximate surface area is 289 Å². The van der Waals surface area contributed by atoms with E-state index >= 15 is 0 Å². The zero-order chi connectivity index (χ0) is 33.8. The molecule has 2 heterocycles. The van der Waals surface area contributed by atoms with Crippen molar-refractivity contribution in [1.82, 2.24) is 9.97 Å². The molecule has 1 aliphatic heterocycles. The maximum absolute atomic E-state index is 9.78. The van der Waals surface area contributed by atoms with E-state index in [-0.39, 0.29) is 42.1 Å². The van der Waals surface area contributed by atoms with E-state index in [0.717, 1.165) is 84.7 Å². The van der Waals surface area contributed by atoms with Gasteiger partial charge in [0, 0.05) is 56.1 Å². The summed E-state index contributed by atoms with van der Waals surface area (Å²) < 4.78 is 20.2. The first kappa shape index (κ1) is 36.1. The Morgan fingerprint density at radius 2 is 1.90 bits per heavy atom. The van der Waals surface area contributed by atoms with Gasteiger partial charge in [-0.1, -0.05) is 42.8 Å². The van der Waals surface area contributed by atoms with Crippen LogP contribution in [0.15, 0.2) is 78.9 Å². The van der Waals surface area contributed by atoms with Gasteiger partial charge >= 0.3 is 0 Å². The number of aromatic nitrogens is 2. The standard InChI is InChI=1S/C38H51N3O6S/c1-4-20-44-29-13-14-34-32(24-29)36-30(12-8-10-19-43)27(11-7-9-18-42)23-31-33(41-46-6-3)25-35(38(47-34,37(31)36)45-21-5-2)48-22-15-28-26-39-16-17-40-28/h4-5,13-14,16-17,23-24,26-27,30,35-37,42-43H,1-2,6-12,15,18-22,25H2,3H3/t27-,30+,35-,36+,37+,38+/m0/s1. The highest BCUT2D eigenvalue weighted by Gasteiger charge is 2.63. The Morgan fingerprint density at radius 3 is 2.62 bits per heavy atom. The summed E-state index contributed by atoms with van der Waals surface area (Å²) in [6, 6.07) is 6.12. The highest BCUT2D eigenvalue weighted by atomic mass is 32.2. The third-order valence-electron chi connectivity index (χ3n) is 9.59. The predicted octanol–water partition coefficient (Wildman–Crippen LogP) is 6.67. The zero-order valence-electron chi connectivity index (χ0n) is 28.2. The molecule has 2 N–H and O–H groups in total. The number of unbranched alkanes of at least 4 members (excludes halogenated alkanes) is 2. The summed E-state index contributed by atoms with van der Waals surface area (Å²) >= 11 is 1.82. The van der Waals surface area contributed by atoms with Crippen LogP contribution in [0.3, 0.4) is 0 Å².